The number of fused-ring (bicyclic) bond motifs is 2. The Kier molecular flexibility index (Phi) is 11.7. The fraction of sp³-hybridized carbons (Fsp3) is 0.794. The molecule has 7 atom stereocenters. The Morgan fingerprint density at radius 3 is 2.07 bits per heavy atom. The first-order valence-electron chi connectivity index (χ1n) is 16.5. The maximum atomic E-state index is 12.5. The Morgan fingerprint density at radius 1 is 0.818 bits per heavy atom. The van der Waals surface area contributed by atoms with E-state index in [0.29, 0.717) is 29.4 Å². The van der Waals surface area contributed by atoms with Crippen molar-refractivity contribution in [3.63, 3.8) is 0 Å². The van der Waals surface area contributed by atoms with Crippen LogP contribution >= 0.6 is 0 Å². The average molecular weight is 621 g/mol. The van der Waals surface area contributed by atoms with Crippen molar-refractivity contribution in [2.45, 2.75) is 129 Å². The van der Waals surface area contributed by atoms with Gasteiger partial charge in [-0.05, 0) is 58.3 Å². The van der Waals surface area contributed by atoms with Gasteiger partial charge in [0, 0.05) is 36.0 Å². The predicted octanol–water partition coefficient (Wildman–Crippen LogP) is 5.86. The van der Waals surface area contributed by atoms with Crippen molar-refractivity contribution in [3.05, 3.63) is 22.7 Å². The molecule has 1 spiro atoms. The number of Topliss-reactive ketones (excluding diaryl/α,β-unsaturated/α-hetero) is 2. The quantitative estimate of drug-likeness (QED) is 0.123. The molecule has 4 saturated heterocycles. The first-order chi connectivity index (χ1) is 21.0. The van der Waals surface area contributed by atoms with Gasteiger partial charge in [-0.25, -0.2) is 9.78 Å². The summed E-state index contributed by atoms with van der Waals surface area (Å²) in [6, 6.07) is 0. The van der Waals surface area contributed by atoms with Crippen LogP contribution in [0.3, 0.4) is 0 Å². The number of aliphatic hydroxyl groups excluding tert-OH is 1. The number of hydrogen-bond donors (Lipinski definition) is 1. The number of rotatable bonds is 12. The summed E-state index contributed by atoms with van der Waals surface area (Å²) in [7, 11) is 2.76. The van der Waals surface area contributed by atoms with E-state index < -0.39 is 17.7 Å². The molecular formula is C34H52O10. The topological polar surface area (TPSA) is 127 Å². The first-order valence-corrected chi connectivity index (χ1v) is 16.5. The second kappa shape index (κ2) is 14.9. The van der Waals surface area contributed by atoms with Gasteiger partial charge in [-0.3, -0.25) is 14.4 Å². The van der Waals surface area contributed by atoms with E-state index in [1.54, 1.807) is 6.92 Å². The van der Waals surface area contributed by atoms with Crippen LogP contribution in [-0.4, -0.2) is 61.1 Å². The summed E-state index contributed by atoms with van der Waals surface area (Å²) in [6.07, 6.45) is 12.4. The van der Waals surface area contributed by atoms with Crippen LogP contribution in [0.2, 0.25) is 0 Å². The fourth-order valence-electron chi connectivity index (χ4n) is 7.73. The number of carbonyl (C=O) groups is 3. The summed E-state index contributed by atoms with van der Waals surface area (Å²) < 4.78 is 21.7. The van der Waals surface area contributed by atoms with Crippen molar-refractivity contribution < 1.29 is 48.2 Å². The standard InChI is InChI=1S/C19H30O5.C15H22O5/c1-14-15(12-10-8-6-4-5-7-9-11-13-20)17(22)19(24-3)18(23-2)16(14)21;1-8-4-5-11-9(2)12(16)17-13-15(11)10(8)6-7-14(3,18-13)19-20-15/h20H,4-13H2,1-3H3;8-11,13H,4-7H2,1-3H3/t;8-,9-,10+,11+,13-,14-,15-/m.1/s1. The zero-order valence-corrected chi connectivity index (χ0v) is 27.4. The van der Waals surface area contributed by atoms with Crippen LogP contribution in [0.15, 0.2) is 22.7 Å². The number of carbonyl (C=O) groups excluding carboxylic acids is 3. The van der Waals surface area contributed by atoms with Crippen LogP contribution in [0.4, 0.5) is 0 Å². The highest BCUT2D eigenvalue weighted by Crippen LogP contribution is 2.59. The van der Waals surface area contributed by atoms with Crippen LogP contribution in [0, 0.1) is 23.7 Å². The molecule has 44 heavy (non-hydrogen) atoms. The van der Waals surface area contributed by atoms with E-state index in [4.69, 9.17) is 33.8 Å². The van der Waals surface area contributed by atoms with E-state index in [0.717, 1.165) is 57.8 Å². The largest absolute Gasteiger partial charge is 0.489 e. The highest BCUT2D eigenvalue weighted by Gasteiger charge is 2.70. The second-order valence-corrected chi connectivity index (χ2v) is 13.3. The van der Waals surface area contributed by atoms with Gasteiger partial charge in [0.15, 0.2) is 5.60 Å². The molecule has 6 aliphatic rings. The molecule has 0 amide bonds. The van der Waals surface area contributed by atoms with Crippen LogP contribution in [0.25, 0.3) is 0 Å². The highest BCUT2D eigenvalue weighted by molar-refractivity contribution is 6.23. The van der Waals surface area contributed by atoms with Crippen molar-refractivity contribution in [2.75, 3.05) is 20.8 Å². The van der Waals surface area contributed by atoms with Gasteiger partial charge in [0.25, 0.3) is 0 Å². The number of ketones is 2. The maximum Gasteiger partial charge on any atom is 0.311 e. The Labute approximate surface area is 261 Å². The van der Waals surface area contributed by atoms with Crippen molar-refractivity contribution in [1.29, 1.82) is 0 Å². The Balaban J connectivity index is 0.000000203. The minimum absolute atomic E-state index is 0.00614. The molecule has 4 aliphatic heterocycles. The van der Waals surface area contributed by atoms with Gasteiger partial charge in [0.1, 0.15) is 0 Å². The molecule has 248 valence electrons. The Morgan fingerprint density at radius 2 is 1.43 bits per heavy atom. The molecule has 2 bridgehead atoms. The van der Waals surface area contributed by atoms with E-state index in [1.807, 2.05) is 13.8 Å². The van der Waals surface area contributed by atoms with Crippen LogP contribution in [0.1, 0.15) is 111 Å². The molecule has 1 saturated carbocycles. The summed E-state index contributed by atoms with van der Waals surface area (Å²) in [5.41, 5.74) is 0.420. The van der Waals surface area contributed by atoms with E-state index in [9.17, 15) is 14.4 Å². The first kappa shape index (κ1) is 34.6. The van der Waals surface area contributed by atoms with Gasteiger partial charge in [-0.2, -0.15) is 0 Å². The van der Waals surface area contributed by atoms with Crippen molar-refractivity contribution in [3.8, 4) is 0 Å². The zero-order valence-electron chi connectivity index (χ0n) is 27.4. The number of allylic oxidation sites excluding steroid dienone is 2. The fourth-order valence-corrected chi connectivity index (χ4v) is 7.73. The molecule has 1 N–H and O–H groups in total. The van der Waals surface area contributed by atoms with Gasteiger partial charge in [-0.1, -0.05) is 52.4 Å². The minimum Gasteiger partial charge on any atom is -0.489 e. The number of unbranched alkanes of at least 4 members (excludes halogenated alkanes) is 7. The van der Waals surface area contributed by atoms with Crippen LogP contribution in [0.5, 0.6) is 0 Å². The third-order valence-electron chi connectivity index (χ3n) is 10.4. The smallest absolute Gasteiger partial charge is 0.311 e. The third kappa shape index (κ3) is 6.78. The normalized spacial score (nSPS) is 34.6. The molecule has 6 rings (SSSR count). The van der Waals surface area contributed by atoms with Gasteiger partial charge < -0.3 is 24.1 Å². The molecule has 0 radical (unpaired) electrons. The molecule has 0 aromatic rings. The third-order valence-corrected chi connectivity index (χ3v) is 10.4. The lowest BCUT2D eigenvalue weighted by molar-refractivity contribution is -0.559. The molecule has 5 fully saturated rings. The zero-order chi connectivity index (χ0) is 32.1. The number of ether oxygens (including phenoxy) is 4. The highest BCUT2D eigenvalue weighted by atomic mass is 17.3. The maximum absolute atomic E-state index is 12.5. The molecule has 4 heterocycles. The number of aliphatic hydroxyl groups is 1. The molecule has 2 aliphatic carbocycles. The number of esters is 1. The van der Waals surface area contributed by atoms with Crippen molar-refractivity contribution in [1.82, 2.24) is 0 Å². The van der Waals surface area contributed by atoms with Crippen LogP contribution < -0.4 is 0 Å². The van der Waals surface area contributed by atoms with Crippen LogP contribution in [-0.2, 0) is 43.1 Å². The Hall–Kier alpha value is -2.27. The van der Waals surface area contributed by atoms with Crippen molar-refractivity contribution >= 4 is 17.5 Å². The lowest BCUT2D eigenvalue weighted by Gasteiger charge is -2.57. The van der Waals surface area contributed by atoms with E-state index >= 15 is 0 Å². The summed E-state index contributed by atoms with van der Waals surface area (Å²) >= 11 is 0. The molecule has 10 heteroatoms. The molecule has 0 unspecified atom stereocenters. The summed E-state index contributed by atoms with van der Waals surface area (Å²) in [5.74, 6) is -0.594. The van der Waals surface area contributed by atoms with Gasteiger partial charge in [0.2, 0.25) is 35.2 Å². The van der Waals surface area contributed by atoms with E-state index in [-0.39, 0.29) is 47.5 Å². The lowest BCUT2D eigenvalue weighted by atomic mass is 9.58. The van der Waals surface area contributed by atoms with Gasteiger partial charge in [0.05, 0.1) is 20.1 Å². The predicted molar refractivity (Wildman–Crippen MR) is 160 cm³/mol. The number of methoxy groups -OCH3 is 2. The molecule has 0 aromatic carbocycles. The van der Waals surface area contributed by atoms with Gasteiger partial charge in [-0.15, -0.1) is 0 Å². The summed E-state index contributed by atoms with van der Waals surface area (Å²) in [6.45, 7) is 8.03. The SMILES string of the molecule is COC1=C(OC)C(=O)C(CCCCCCCCCCO)=C(C)C1=O.C[C@@H]1CC[C@H]2[C@@H](C)C(=O)O[C@@H]3O[C@@]4(C)CC[C@@H]1[C@]32OO4. The monoisotopic (exact) mass is 620 g/mol. The van der Waals surface area contributed by atoms with E-state index in [2.05, 4.69) is 6.92 Å². The summed E-state index contributed by atoms with van der Waals surface area (Å²) in [5, 5.41) is 8.72. The molecular weight excluding hydrogens is 568 g/mol. The van der Waals surface area contributed by atoms with Gasteiger partial charge >= 0.3 is 5.97 Å². The number of hydrogen-bond acceptors (Lipinski definition) is 10. The average Bonchev–Trinajstić information content (AvgIpc) is 3.24. The minimum atomic E-state index is -0.793. The van der Waals surface area contributed by atoms with Crippen molar-refractivity contribution in [2.24, 2.45) is 23.7 Å². The lowest BCUT2D eigenvalue weighted by Crippen LogP contribution is -2.69. The Bertz CT molecular complexity index is 1130. The molecule has 10 nitrogen and oxygen atoms in total. The second-order valence-electron chi connectivity index (χ2n) is 13.3. The molecule has 0 aromatic heterocycles. The van der Waals surface area contributed by atoms with E-state index in [1.165, 1.54) is 33.5 Å². The summed E-state index contributed by atoms with van der Waals surface area (Å²) in [4.78, 5) is 48.4.